The second-order valence-electron chi connectivity index (χ2n) is 5.55. The number of carbonyl (C=O) groups is 1. The summed E-state index contributed by atoms with van der Waals surface area (Å²) in [4.78, 5) is 11.4. The number of rotatable bonds is 5. The number of carbonyl (C=O) groups excluding carboxylic acids is 1. The molecule has 0 aliphatic heterocycles. The fraction of sp³-hybridized carbons (Fsp3) is 0.562. The van der Waals surface area contributed by atoms with E-state index in [1.54, 1.807) is 6.92 Å². The zero-order valence-corrected chi connectivity index (χ0v) is 13.3. The van der Waals surface area contributed by atoms with Crippen molar-refractivity contribution in [2.24, 2.45) is 0 Å². The summed E-state index contributed by atoms with van der Waals surface area (Å²) >= 11 is 6.14. The van der Waals surface area contributed by atoms with Crippen LogP contribution in [0.25, 0.3) is 0 Å². The van der Waals surface area contributed by atoms with Crippen LogP contribution in [0.2, 0.25) is 5.02 Å². The number of amides is 1. The van der Waals surface area contributed by atoms with Crippen molar-refractivity contribution in [2.75, 3.05) is 0 Å². The monoisotopic (exact) mass is 281 g/mol. The van der Waals surface area contributed by atoms with Crippen LogP contribution in [0.5, 0.6) is 0 Å². The molecule has 0 saturated heterocycles. The van der Waals surface area contributed by atoms with E-state index in [1.807, 2.05) is 26.0 Å². The van der Waals surface area contributed by atoms with Gasteiger partial charge in [0.1, 0.15) is 0 Å². The molecule has 19 heavy (non-hydrogen) atoms. The molecule has 0 spiro atoms. The average molecular weight is 282 g/mol. The van der Waals surface area contributed by atoms with E-state index in [2.05, 4.69) is 25.2 Å². The second-order valence-corrected chi connectivity index (χ2v) is 5.99. The third-order valence-corrected chi connectivity index (χ3v) is 3.84. The Hall–Kier alpha value is -1.02. The minimum Gasteiger partial charge on any atom is -0.347 e. The Kier molecular flexibility index (Phi) is 5.42. The third-order valence-electron chi connectivity index (χ3n) is 3.60. The van der Waals surface area contributed by atoms with Crippen LogP contribution in [0.3, 0.4) is 0 Å². The number of hydrogen-bond donors (Lipinski definition) is 1. The lowest BCUT2D eigenvalue weighted by molar-refractivity contribution is -0.120. The van der Waals surface area contributed by atoms with E-state index in [9.17, 15) is 4.79 Å². The van der Waals surface area contributed by atoms with E-state index < -0.39 is 5.54 Å². The van der Waals surface area contributed by atoms with E-state index in [4.69, 9.17) is 11.6 Å². The first kappa shape index (κ1) is 16.0. The Morgan fingerprint density at radius 1 is 1.32 bits per heavy atom. The van der Waals surface area contributed by atoms with Gasteiger partial charge < -0.3 is 5.32 Å². The summed E-state index contributed by atoms with van der Waals surface area (Å²) in [5.41, 5.74) is 1.99. The molecule has 0 atom stereocenters. The number of benzene rings is 1. The van der Waals surface area contributed by atoms with Crippen LogP contribution in [0.4, 0.5) is 0 Å². The van der Waals surface area contributed by atoms with Crippen LogP contribution in [-0.4, -0.2) is 5.91 Å². The van der Waals surface area contributed by atoms with Gasteiger partial charge in [-0.15, -0.1) is 0 Å². The van der Waals surface area contributed by atoms with Crippen molar-refractivity contribution in [2.45, 2.75) is 58.9 Å². The summed E-state index contributed by atoms with van der Waals surface area (Å²) in [7, 11) is 0. The predicted octanol–water partition coefficient (Wildman–Crippen LogP) is 4.61. The fourth-order valence-electron chi connectivity index (χ4n) is 2.66. The molecule has 0 aromatic heterocycles. The van der Waals surface area contributed by atoms with Gasteiger partial charge in [-0.25, -0.2) is 0 Å². The summed E-state index contributed by atoms with van der Waals surface area (Å²) < 4.78 is 0. The van der Waals surface area contributed by atoms with Crippen molar-refractivity contribution in [1.82, 2.24) is 5.32 Å². The van der Waals surface area contributed by atoms with Crippen molar-refractivity contribution in [3.63, 3.8) is 0 Å². The van der Waals surface area contributed by atoms with Gasteiger partial charge in [0.05, 0.1) is 5.54 Å². The maximum atomic E-state index is 11.4. The van der Waals surface area contributed by atoms with Gasteiger partial charge in [0.25, 0.3) is 0 Å². The molecule has 106 valence electrons. The molecular weight excluding hydrogens is 258 g/mol. The molecule has 0 aliphatic carbocycles. The average Bonchev–Trinajstić information content (AvgIpc) is 2.30. The predicted molar refractivity (Wildman–Crippen MR) is 81.6 cm³/mol. The largest absolute Gasteiger partial charge is 0.347 e. The third kappa shape index (κ3) is 3.97. The second kappa shape index (κ2) is 6.42. The van der Waals surface area contributed by atoms with E-state index in [1.165, 1.54) is 5.56 Å². The van der Waals surface area contributed by atoms with Crippen LogP contribution in [-0.2, 0) is 10.3 Å². The normalized spacial score (nSPS) is 11.7. The lowest BCUT2D eigenvalue weighted by Crippen LogP contribution is -2.40. The van der Waals surface area contributed by atoms with Gasteiger partial charge in [0.15, 0.2) is 0 Å². The van der Waals surface area contributed by atoms with Crippen LogP contribution in [0.15, 0.2) is 18.2 Å². The quantitative estimate of drug-likeness (QED) is 0.839. The lowest BCUT2D eigenvalue weighted by atomic mass is 9.82. The first-order valence-electron chi connectivity index (χ1n) is 6.90. The molecule has 0 radical (unpaired) electrons. The molecule has 0 heterocycles. The molecule has 0 fully saturated rings. The van der Waals surface area contributed by atoms with Crippen molar-refractivity contribution >= 4 is 17.5 Å². The number of halogens is 1. The van der Waals surface area contributed by atoms with Gasteiger partial charge in [0.2, 0.25) is 5.91 Å². The van der Waals surface area contributed by atoms with Crippen molar-refractivity contribution in [1.29, 1.82) is 0 Å². The highest BCUT2D eigenvalue weighted by Crippen LogP contribution is 2.34. The molecule has 1 aromatic carbocycles. The van der Waals surface area contributed by atoms with Gasteiger partial charge >= 0.3 is 0 Å². The van der Waals surface area contributed by atoms with E-state index in [0.717, 1.165) is 18.4 Å². The van der Waals surface area contributed by atoms with Crippen LogP contribution in [0.1, 0.15) is 64.5 Å². The molecule has 1 aromatic rings. The molecule has 0 aliphatic rings. The van der Waals surface area contributed by atoms with Gasteiger partial charge in [-0.05, 0) is 55.9 Å². The SMILES string of the molecule is CCC(CC)c1ccc(Cl)cc1C(C)(C)NC(C)=O. The molecule has 1 rings (SSSR count). The number of hydrogen-bond acceptors (Lipinski definition) is 1. The van der Waals surface area contributed by atoms with Crippen molar-refractivity contribution in [3.05, 3.63) is 34.3 Å². The molecule has 0 saturated carbocycles. The Balaban J connectivity index is 3.31. The zero-order chi connectivity index (χ0) is 14.6. The zero-order valence-electron chi connectivity index (χ0n) is 12.5. The lowest BCUT2D eigenvalue weighted by Gasteiger charge is -2.31. The molecule has 3 heteroatoms. The molecule has 0 bridgehead atoms. The Morgan fingerprint density at radius 3 is 2.37 bits per heavy atom. The molecule has 1 N–H and O–H groups in total. The summed E-state index contributed by atoms with van der Waals surface area (Å²) in [5.74, 6) is 0.473. The van der Waals surface area contributed by atoms with Crippen LogP contribution in [0, 0.1) is 0 Å². The standard InChI is InChI=1S/C16H24ClNO/c1-6-12(7-2)14-9-8-13(17)10-15(14)16(4,5)18-11(3)19/h8-10,12H,6-7H2,1-5H3,(H,18,19). The summed E-state index contributed by atoms with van der Waals surface area (Å²) in [5, 5.41) is 3.72. The first-order valence-corrected chi connectivity index (χ1v) is 7.28. The minimum atomic E-state index is -0.408. The van der Waals surface area contributed by atoms with E-state index >= 15 is 0 Å². The number of nitrogens with one attached hydrogen (secondary N) is 1. The highest BCUT2D eigenvalue weighted by Gasteiger charge is 2.26. The summed E-state index contributed by atoms with van der Waals surface area (Å²) in [6.45, 7) is 9.97. The molecular formula is C16H24ClNO. The van der Waals surface area contributed by atoms with Gasteiger partial charge in [-0.2, -0.15) is 0 Å². The minimum absolute atomic E-state index is 0.0273. The maximum absolute atomic E-state index is 11.4. The highest BCUT2D eigenvalue weighted by molar-refractivity contribution is 6.30. The van der Waals surface area contributed by atoms with Crippen LogP contribution >= 0.6 is 11.6 Å². The molecule has 1 amide bonds. The highest BCUT2D eigenvalue weighted by atomic mass is 35.5. The maximum Gasteiger partial charge on any atom is 0.217 e. The Labute approximate surface area is 121 Å². The van der Waals surface area contributed by atoms with Crippen molar-refractivity contribution < 1.29 is 4.79 Å². The van der Waals surface area contributed by atoms with Gasteiger partial charge in [-0.3, -0.25) is 4.79 Å². The van der Waals surface area contributed by atoms with Crippen molar-refractivity contribution in [3.8, 4) is 0 Å². The fourth-order valence-corrected chi connectivity index (χ4v) is 2.83. The Morgan fingerprint density at radius 2 is 1.89 bits per heavy atom. The Bertz CT molecular complexity index is 450. The molecule has 2 nitrogen and oxygen atoms in total. The first-order chi connectivity index (χ1) is 8.81. The van der Waals surface area contributed by atoms with Crippen LogP contribution < -0.4 is 5.32 Å². The van der Waals surface area contributed by atoms with Gasteiger partial charge in [-0.1, -0.05) is 31.5 Å². The smallest absolute Gasteiger partial charge is 0.217 e. The summed E-state index contributed by atoms with van der Waals surface area (Å²) in [6.07, 6.45) is 2.17. The van der Waals surface area contributed by atoms with E-state index in [-0.39, 0.29) is 5.91 Å². The summed E-state index contributed by atoms with van der Waals surface area (Å²) in [6, 6.07) is 6.01. The molecule has 0 unspecified atom stereocenters. The topological polar surface area (TPSA) is 29.1 Å². The van der Waals surface area contributed by atoms with Gasteiger partial charge in [0, 0.05) is 11.9 Å². The van der Waals surface area contributed by atoms with E-state index in [0.29, 0.717) is 10.9 Å².